The van der Waals surface area contributed by atoms with Crippen LogP contribution in [-0.4, -0.2) is 25.3 Å². The lowest BCUT2D eigenvalue weighted by Crippen LogP contribution is -2.25. The number of ether oxygens (including phenoxy) is 1. The molecule has 0 bridgehead atoms. The average molecular weight is 296 g/mol. The first-order chi connectivity index (χ1) is 8.88. The molecule has 0 aliphatic heterocycles. The monoisotopic (exact) mass is 295 g/mol. The van der Waals surface area contributed by atoms with Gasteiger partial charge >= 0.3 is 6.18 Å². The SMILES string of the molecule is O=C(CCOCC(F)(F)F)NCc1ccccc1Cl. The Morgan fingerprint density at radius 2 is 2.00 bits per heavy atom. The van der Waals surface area contributed by atoms with Crippen LogP contribution in [0.25, 0.3) is 0 Å². The van der Waals surface area contributed by atoms with Gasteiger partial charge in [-0.1, -0.05) is 29.8 Å². The van der Waals surface area contributed by atoms with Gasteiger partial charge in [0.1, 0.15) is 6.61 Å². The van der Waals surface area contributed by atoms with E-state index >= 15 is 0 Å². The molecule has 0 spiro atoms. The molecular weight excluding hydrogens is 283 g/mol. The minimum Gasteiger partial charge on any atom is -0.372 e. The predicted octanol–water partition coefficient (Wildman–Crippen LogP) is 2.93. The number of amides is 1. The summed E-state index contributed by atoms with van der Waals surface area (Å²) >= 11 is 5.88. The van der Waals surface area contributed by atoms with Crippen molar-refractivity contribution >= 4 is 17.5 Å². The summed E-state index contributed by atoms with van der Waals surface area (Å²) in [6.07, 6.45) is -4.49. The molecule has 0 saturated heterocycles. The summed E-state index contributed by atoms with van der Waals surface area (Å²) in [6.45, 7) is -1.38. The third-order valence-electron chi connectivity index (χ3n) is 2.17. The topological polar surface area (TPSA) is 38.3 Å². The number of benzene rings is 1. The van der Waals surface area contributed by atoms with Crippen LogP contribution in [-0.2, 0) is 16.1 Å². The Kier molecular flexibility index (Phi) is 6.11. The van der Waals surface area contributed by atoms with Gasteiger partial charge in [0.05, 0.1) is 6.61 Å². The van der Waals surface area contributed by atoms with Gasteiger partial charge in [-0.3, -0.25) is 4.79 Å². The van der Waals surface area contributed by atoms with E-state index < -0.39 is 12.8 Å². The Balaban J connectivity index is 2.20. The van der Waals surface area contributed by atoms with Crippen LogP contribution in [0, 0.1) is 0 Å². The predicted molar refractivity (Wildman–Crippen MR) is 64.8 cm³/mol. The summed E-state index contributed by atoms with van der Waals surface area (Å²) in [6, 6.07) is 6.98. The molecule has 7 heteroatoms. The summed E-state index contributed by atoms with van der Waals surface area (Å²) in [5.74, 6) is -0.387. The minimum atomic E-state index is -4.37. The number of halogens is 4. The molecule has 1 amide bonds. The first-order valence-electron chi connectivity index (χ1n) is 5.53. The van der Waals surface area contributed by atoms with Crippen molar-refractivity contribution < 1.29 is 22.7 Å². The summed E-state index contributed by atoms with van der Waals surface area (Å²) in [4.78, 5) is 11.3. The van der Waals surface area contributed by atoms with Crippen LogP contribution in [0.4, 0.5) is 13.2 Å². The molecular formula is C12H13ClF3NO2. The molecule has 1 aromatic carbocycles. The second-order valence-corrected chi connectivity index (χ2v) is 4.19. The van der Waals surface area contributed by atoms with Crippen molar-refractivity contribution in [2.75, 3.05) is 13.2 Å². The Hall–Kier alpha value is -1.27. The first kappa shape index (κ1) is 15.8. The van der Waals surface area contributed by atoms with Crippen LogP contribution in [0.15, 0.2) is 24.3 Å². The van der Waals surface area contributed by atoms with Crippen LogP contribution in [0.3, 0.4) is 0 Å². The number of carbonyl (C=O) groups excluding carboxylic acids is 1. The Morgan fingerprint density at radius 3 is 2.63 bits per heavy atom. The van der Waals surface area contributed by atoms with Gasteiger partial charge in [-0.25, -0.2) is 0 Å². The van der Waals surface area contributed by atoms with E-state index in [0.717, 1.165) is 5.56 Å². The van der Waals surface area contributed by atoms with Gasteiger partial charge in [0.2, 0.25) is 5.91 Å². The molecule has 3 nitrogen and oxygen atoms in total. The third kappa shape index (κ3) is 7.03. The van der Waals surface area contributed by atoms with Gasteiger partial charge in [0.25, 0.3) is 0 Å². The van der Waals surface area contributed by atoms with E-state index in [2.05, 4.69) is 10.1 Å². The molecule has 1 rings (SSSR count). The van der Waals surface area contributed by atoms with Crippen LogP contribution < -0.4 is 5.32 Å². The highest BCUT2D eigenvalue weighted by atomic mass is 35.5. The number of hydrogen-bond donors (Lipinski definition) is 1. The zero-order chi connectivity index (χ0) is 14.3. The summed E-state index contributed by atoms with van der Waals surface area (Å²) in [7, 11) is 0. The van der Waals surface area contributed by atoms with E-state index in [1.807, 2.05) is 0 Å². The van der Waals surface area contributed by atoms with Crippen LogP contribution in [0.2, 0.25) is 5.02 Å². The minimum absolute atomic E-state index is 0.124. The fraction of sp³-hybridized carbons (Fsp3) is 0.417. The van der Waals surface area contributed by atoms with Gasteiger partial charge in [-0.2, -0.15) is 13.2 Å². The van der Waals surface area contributed by atoms with Gasteiger partial charge in [0, 0.05) is 18.0 Å². The molecule has 0 aliphatic rings. The maximum atomic E-state index is 11.8. The van der Waals surface area contributed by atoms with Crippen LogP contribution >= 0.6 is 11.6 Å². The Bertz CT molecular complexity index is 424. The molecule has 1 aromatic rings. The third-order valence-corrected chi connectivity index (χ3v) is 2.54. The fourth-order valence-corrected chi connectivity index (χ4v) is 1.48. The lowest BCUT2D eigenvalue weighted by molar-refractivity contribution is -0.174. The summed E-state index contributed by atoms with van der Waals surface area (Å²) in [5.41, 5.74) is 0.744. The van der Waals surface area contributed by atoms with Gasteiger partial charge in [-0.15, -0.1) is 0 Å². The van der Waals surface area contributed by atoms with Crippen molar-refractivity contribution in [3.63, 3.8) is 0 Å². The van der Waals surface area contributed by atoms with Crippen LogP contribution in [0.1, 0.15) is 12.0 Å². The second kappa shape index (κ2) is 7.35. The molecule has 0 atom stereocenters. The standard InChI is InChI=1S/C12H13ClF3NO2/c13-10-4-2-1-3-9(10)7-17-11(18)5-6-19-8-12(14,15)16/h1-4H,5-8H2,(H,17,18). The van der Waals surface area contributed by atoms with Crippen molar-refractivity contribution in [3.8, 4) is 0 Å². The number of carbonyl (C=O) groups is 1. The van der Waals surface area contributed by atoms with Crippen molar-refractivity contribution in [1.82, 2.24) is 5.32 Å². The van der Waals surface area contributed by atoms with Crippen molar-refractivity contribution in [3.05, 3.63) is 34.9 Å². The first-order valence-corrected chi connectivity index (χ1v) is 5.91. The number of hydrogen-bond acceptors (Lipinski definition) is 2. The molecule has 19 heavy (non-hydrogen) atoms. The smallest absolute Gasteiger partial charge is 0.372 e. The van der Waals surface area contributed by atoms with Crippen molar-refractivity contribution in [1.29, 1.82) is 0 Å². The highest BCUT2D eigenvalue weighted by molar-refractivity contribution is 6.31. The highest BCUT2D eigenvalue weighted by Gasteiger charge is 2.27. The molecule has 0 aliphatic carbocycles. The maximum Gasteiger partial charge on any atom is 0.411 e. The summed E-state index contributed by atoms with van der Waals surface area (Å²) in [5, 5.41) is 3.08. The van der Waals surface area contributed by atoms with Gasteiger partial charge < -0.3 is 10.1 Å². The Labute approximate surface area is 113 Å². The molecule has 0 radical (unpaired) electrons. The Morgan fingerprint density at radius 1 is 1.32 bits per heavy atom. The number of alkyl halides is 3. The summed E-state index contributed by atoms with van der Waals surface area (Å²) < 4.78 is 39.6. The molecule has 0 heterocycles. The lowest BCUT2D eigenvalue weighted by Gasteiger charge is -2.08. The van der Waals surface area contributed by atoms with E-state index in [0.29, 0.717) is 5.02 Å². The molecule has 106 valence electrons. The second-order valence-electron chi connectivity index (χ2n) is 3.79. The largest absolute Gasteiger partial charge is 0.411 e. The van der Waals surface area contributed by atoms with E-state index in [1.165, 1.54) is 0 Å². The molecule has 0 unspecified atom stereocenters. The molecule has 1 N–H and O–H groups in total. The van der Waals surface area contributed by atoms with Gasteiger partial charge in [0.15, 0.2) is 0 Å². The van der Waals surface area contributed by atoms with E-state index in [4.69, 9.17) is 11.6 Å². The maximum absolute atomic E-state index is 11.8. The average Bonchev–Trinajstić information content (AvgIpc) is 2.32. The van der Waals surface area contributed by atoms with Gasteiger partial charge in [-0.05, 0) is 11.6 Å². The van der Waals surface area contributed by atoms with Crippen molar-refractivity contribution in [2.45, 2.75) is 19.1 Å². The molecule has 0 aromatic heterocycles. The zero-order valence-electron chi connectivity index (χ0n) is 9.97. The quantitative estimate of drug-likeness (QED) is 0.820. The molecule has 0 fully saturated rings. The van der Waals surface area contributed by atoms with Crippen LogP contribution in [0.5, 0.6) is 0 Å². The fourth-order valence-electron chi connectivity index (χ4n) is 1.28. The lowest BCUT2D eigenvalue weighted by atomic mass is 10.2. The van der Waals surface area contributed by atoms with E-state index in [-0.39, 0.29) is 25.5 Å². The van der Waals surface area contributed by atoms with E-state index in [1.54, 1.807) is 24.3 Å². The zero-order valence-corrected chi connectivity index (χ0v) is 10.7. The van der Waals surface area contributed by atoms with Crippen molar-refractivity contribution in [2.24, 2.45) is 0 Å². The normalized spacial score (nSPS) is 11.4. The number of rotatable bonds is 6. The molecule has 0 saturated carbocycles. The highest BCUT2D eigenvalue weighted by Crippen LogP contribution is 2.15. The van der Waals surface area contributed by atoms with E-state index in [9.17, 15) is 18.0 Å². The number of nitrogens with one attached hydrogen (secondary N) is 1.